The second-order valence-electron chi connectivity index (χ2n) is 5.14. The highest BCUT2D eigenvalue weighted by Crippen LogP contribution is 2.21. The number of nitrogens with one attached hydrogen (secondary N) is 1. The normalized spacial score (nSPS) is 23.1. The van der Waals surface area contributed by atoms with E-state index >= 15 is 0 Å². The smallest absolute Gasteiger partial charge is 0.0609 e. The summed E-state index contributed by atoms with van der Waals surface area (Å²) in [5.41, 5.74) is 2.58. The van der Waals surface area contributed by atoms with Gasteiger partial charge in [0.25, 0.3) is 0 Å². The van der Waals surface area contributed by atoms with E-state index < -0.39 is 0 Å². The van der Waals surface area contributed by atoms with Crippen molar-refractivity contribution in [2.24, 2.45) is 5.92 Å². The lowest BCUT2D eigenvalue weighted by molar-refractivity contribution is 0.100. The molecule has 1 aliphatic heterocycles. The van der Waals surface area contributed by atoms with Gasteiger partial charge in [0.2, 0.25) is 0 Å². The zero-order valence-corrected chi connectivity index (χ0v) is 10.7. The van der Waals surface area contributed by atoms with Crippen LogP contribution in [0, 0.1) is 12.8 Å². The first-order chi connectivity index (χ1) is 8.27. The highest BCUT2D eigenvalue weighted by molar-refractivity contribution is 5.26. The number of aliphatic hydroxyl groups excluding tert-OH is 1. The van der Waals surface area contributed by atoms with Crippen LogP contribution in [0.5, 0.6) is 0 Å². The van der Waals surface area contributed by atoms with Crippen LogP contribution in [0.15, 0.2) is 24.3 Å². The average Bonchev–Trinajstić information content (AvgIpc) is 2.61. The van der Waals surface area contributed by atoms with E-state index in [2.05, 4.69) is 36.5 Å². The molecule has 2 atom stereocenters. The van der Waals surface area contributed by atoms with Gasteiger partial charge in [-0.05, 0) is 62.7 Å². The van der Waals surface area contributed by atoms with Gasteiger partial charge >= 0.3 is 0 Å². The Morgan fingerprint density at radius 1 is 1.29 bits per heavy atom. The lowest BCUT2D eigenvalue weighted by Gasteiger charge is -2.21. The lowest BCUT2D eigenvalue weighted by atomic mass is 9.89. The Bertz CT molecular complexity index is 343. The Morgan fingerprint density at radius 2 is 2.12 bits per heavy atom. The average molecular weight is 233 g/mol. The first kappa shape index (κ1) is 12.6. The predicted molar refractivity (Wildman–Crippen MR) is 71.1 cm³/mol. The number of benzene rings is 1. The predicted octanol–water partition coefficient (Wildman–Crippen LogP) is 2.29. The molecule has 1 aromatic rings. The third-order valence-corrected chi connectivity index (χ3v) is 3.85. The van der Waals surface area contributed by atoms with E-state index in [4.69, 9.17) is 0 Å². The van der Waals surface area contributed by atoms with E-state index in [0.717, 1.165) is 32.4 Å². The Balaban J connectivity index is 1.95. The summed E-state index contributed by atoms with van der Waals surface area (Å²) in [4.78, 5) is 0. The van der Waals surface area contributed by atoms with E-state index in [1.54, 1.807) is 0 Å². The van der Waals surface area contributed by atoms with Crippen LogP contribution >= 0.6 is 0 Å². The highest BCUT2D eigenvalue weighted by atomic mass is 16.3. The number of hydrogen-bond acceptors (Lipinski definition) is 2. The topological polar surface area (TPSA) is 32.3 Å². The van der Waals surface area contributed by atoms with E-state index in [1.807, 2.05) is 0 Å². The molecule has 0 bridgehead atoms. The standard InChI is InChI=1S/C15H23NO/c1-12-5-2-3-6-14(12)11-15(17)13-7-4-9-16-10-8-13/h2-3,5-6,13,15-17H,4,7-11H2,1H3. The number of aryl methyl sites for hydroxylation is 1. The van der Waals surface area contributed by atoms with Crippen molar-refractivity contribution < 1.29 is 5.11 Å². The van der Waals surface area contributed by atoms with Crippen LogP contribution in [-0.4, -0.2) is 24.3 Å². The van der Waals surface area contributed by atoms with E-state index in [1.165, 1.54) is 17.5 Å². The van der Waals surface area contributed by atoms with Crippen LogP contribution < -0.4 is 5.32 Å². The van der Waals surface area contributed by atoms with Crippen molar-refractivity contribution >= 4 is 0 Å². The van der Waals surface area contributed by atoms with Crippen LogP contribution in [0.4, 0.5) is 0 Å². The molecule has 0 radical (unpaired) electrons. The maximum atomic E-state index is 10.3. The van der Waals surface area contributed by atoms with Crippen molar-refractivity contribution in [3.8, 4) is 0 Å². The monoisotopic (exact) mass is 233 g/mol. The van der Waals surface area contributed by atoms with Crippen molar-refractivity contribution in [2.75, 3.05) is 13.1 Å². The van der Waals surface area contributed by atoms with Crippen LogP contribution in [0.3, 0.4) is 0 Å². The molecular formula is C15H23NO. The van der Waals surface area contributed by atoms with Crippen molar-refractivity contribution in [3.63, 3.8) is 0 Å². The zero-order valence-electron chi connectivity index (χ0n) is 10.7. The van der Waals surface area contributed by atoms with Crippen molar-refractivity contribution in [2.45, 2.75) is 38.7 Å². The molecule has 1 heterocycles. The van der Waals surface area contributed by atoms with Crippen LogP contribution in [0.2, 0.25) is 0 Å². The van der Waals surface area contributed by atoms with Gasteiger partial charge in [-0.2, -0.15) is 0 Å². The minimum Gasteiger partial charge on any atom is -0.392 e. The molecule has 1 fully saturated rings. The molecule has 0 aliphatic carbocycles. The Kier molecular flexibility index (Phi) is 4.57. The first-order valence-corrected chi connectivity index (χ1v) is 6.70. The van der Waals surface area contributed by atoms with E-state index in [-0.39, 0.29) is 6.10 Å². The number of hydrogen-bond donors (Lipinski definition) is 2. The number of aliphatic hydroxyl groups is 1. The van der Waals surface area contributed by atoms with Gasteiger partial charge in [0.1, 0.15) is 0 Å². The fourth-order valence-electron chi connectivity index (χ4n) is 2.66. The largest absolute Gasteiger partial charge is 0.392 e. The molecule has 0 aromatic heterocycles. The summed E-state index contributed by atoms with van der Waals surface area (Å²) in [6.45, 7) is 4.28. The lowest BCUT2D eigenvalue weighted by Crippen LogP contribution is -2.24. The van der Waals surface area contributed by atoms with Gasteiger partial charge in [-0.3, -0.25) is 0 Å². The molecule has 1 saturated heterocycles. The quantitative estimate of drug-likeness (QED) is 0.839. The third-order valence-electron chi connectivity index (χ3n) is 3.85. The van der Waals surface area contributed by atoms with Gasteiger partial charge in [-0.15, -0.1) is 0 Å². The fraction of sp³-hybridized carbons (Fsp3) is 0.600. The summed E-state index contributed by atoms with van der Waals surface area (Å²) in [6, 6.07) is 8.37. The Labute approximate surface area is 104 Å². The first-order valence-electron chi connectivity index (χ1n) is 6.70. The van der Waals surface area contributed by atoms with Gasteiger partial charge in [-0.25, -0.2) is 0 Å². The fourth-order valence-corrected chi connectivity index (χ4v) is 2.66. The van der Waals surface area contributed by atoms with Crippen molar-refractivity contribution in [3.05, 3.63) is 35.4 Å². The molecular weight excluding hydrogens is 210 g/mol. The van der Waals surface area contributed by atoms with Gasteiger partial charge < -0.3 is 10.4 Å². The molecule has 17 heavy (non-hydrogen) atoms. The maximum absolute atomic E-state index is 10.3. The summed E-state index contributed by atoms with van der Waals surface area (Å²) in [5.74, 6) is 0.463. The van der Waals surface area contributed by atoms with E-state index in [0.29, 0.717) is 5.92 Å². The van der Waals surface area contributed by atoms with Gasteiger partial charge in [0.15, 0.2) is 0 Å². The molecule has 2 N–H and O–H groups in total. The molecule has 94 valence electrons. The van der Waals surface area contributed by atoms with Crippen molar-refractivity contribution in [1.82, 2.24) is 5.32 Å². The molecule has 1 aliphatic rings. The molecule has 1 aromatic carbocycles. The minimum absolute atomic E-state index is 0.184. The SMILES string of the molecule is Cc1ccccc1CC(O)C1CCCNCC1. The second kappa shape index (κ2) is 6.18. The van der Waals surface area contributed by atoms with Gasteiger partial charge in [-0.1, -0.05) is 24.3 Å². The molecule has 2 unspecified atom stereocenters. The van der Waals surface area contributed by atoms with E-state index in [9.17, 15) is 5.11 Å². The molecule has 2 rings (SSSR count). The summed E-state index contributed by atoms with van der Waals surface area (Å²) in [6.07, 6.45) is 4.07. The number of rotatable bonds is 3. The Morgan fingerprint density at radius 3 is 2.94 bits per heavy atom. The summed E-state index contributed by atoms with van der Waals surface area (Å²) < 4.78 is 0. The third kappa shape index (κ3) is 3.55. The zero-order chi connectivity index (χ0) is 12.1. The van der Waals surface area contributed by atoms with Crippen LogP contribution in [0.1, 0.15) is 30.4 Å². The highest BCUT2D eigenvalue weighted by Gasteiger charge is 2.21. The Hall–Kier alpha value is -0.860. The molecule has 0 saturated carbocycles. The maximum Gasteiger partial charge on any atom is 0.0609 e. The summed E-state index contributed by atoms with van der Waals surface area (Å²) in [5, 5.41) is 13.7. The van der Waals surface area contributed by atoms with Gasteiger partial charge in [0, 0.05) is 0 Å². The molecule has 2 nitrogen and oxygen atoms in total. The van der Waals surface area contributed by atoms with Crippen LogP contribution in [-0.2, 0) is 6.42 Å². The van der Waals surface area contributed by atoms with Crippen molar-refractivity contribution in [1.29, 1.82) is 0 Å². The summed E-state index contributed by atoms with van der Waals surface area (Å²) in [7, 11) is 0. The summed E-state index contributed by atoms with van der Waals surface area (Å²) >= 11 is 0. The minimum atomic E-state index is -0.184. The molecule has 2 heteroatoms. The molecule has 0 amide bonds. The van der Waals surface area contributed by atoms with Gasteiger partial charge in [0.05, 0.1) is 6.10 Å². The second-order valence-corrected chi connectivity index (χ2v) is 5.14. The van der Waals surface area contributed by atoms with Crippen LogP contribution in [0.25, 0.3) is 0 Å². The molecule has 0 spiro atoms.